The predicted molar refractivity (Wildman–Crippen MR) is 45.2 cm³/mol. The van der Waals surface area contributed by atoms with Gasteiger partial charge in [0.1, 0.15) is 13.3 Å². The summed E-state index contributed by atoms with van der Waals surface area (Å²) in [6.45, 7) is 1.55. The third-order valence-electron chi connectivity index (χ3n) is 2.54. The summed E-state index contributed by atoms with van der Waals surface area (Å²) in [5.41, 5.74) is 0. The SMILES string of the molecule is CO/N=C/C(=O)NC1[C@H]2COC[C@H]12. The fourth-order valence-electron chi connectivity index (χ4n) is 1.76. The highest BCUT2D eigenvalue weighted by molar-refractivity contribution is 6.26. The first-order valence-corrected chi connectivity index (χ1v) is 4.27. The van der Waals surface area contributed by atoms with Crippen molar-refractivity contribution in [3.05, 3.63) is 0 Å². The zero-order valence-corrected chi connectivity index (χ0v) is 7.40. The largest absolute Gasteiger partial charge is 0.399 e. The normalized spacial score (nSPS) is 35.9. The van der Waals surface area contributed by atoms with E-state index in [1.54, 1.807) is 0 Å². The molecule has 72 valence electrons. The lowest BCUT2D eigenvalue weighted by molar-refractivity contribution is -0.114. The van der Waals surface area contributed by atoms with Crippen molar-refractivity contribution in [1.29, 1.82) is 0 Å². The molecular weight excluding hydrogens is 172 g/mol. The van der Waals surface area contributed by atoms with Gasteiger partial charge in [0.15, 0.2) is 0 Å². The third kappa shape index (κ3) is 1.65. The van der Waals surface area contributed by atoms with Crippen LogP contribution in [0.25, 0.3) is 0 Å². The Morgan fingerprint density at radius 2 is 2.31 bits per heavy atom. The first-order valence-electron chi connectivity index (χ1n) is 4.27. The molecule has 1 amide bonds. The number of oxime groups is 1. The number of ether oxygens (including phenoxy) is 1. The second kappa shape index (κ2) is 3.33. The van der Waals surface area contributed by atoms with Gasteiger partial charge in [0, 0.05) is 17.9 Å². The Morgan fingerprint density at radius 3 is 2.92 bits per heavy atom. The number of hydrogen-bond acceptors (Lipinski definition) is 4. The van der Waals surface area contributed by atoms with Gasteiger partial charge in [-0.1, -0.05) is 5.16 Å². The summed E-state index contributed by atoms with van der Waals surface area (Å²) in [5.74, 6) is 0.862. The summed E-state index contributed by atoms with van der Waals surface area (Å²) in [4.78, 5) is 15.5. The van der Waals surface area contributed by atoms with Crippen LogP contribution in [-0.4, -0.2) is 38.5 Å². The molecule has 13 heavy (non-hydrogen) atoms. The Balaban J connectivity index is 1.74. The number of hydrogen-bond donors (Lipinski definition) is 1. The Hall–Kier alpha value is -1.10. The van der Waals surface area contributed by atoms with Crippen molar-refractivity contribution in [2.45, 2.75) is 6.04 Å². The van der Waals surface area contributed by atoms with Crippen LogP contribution in [0.4, 0.5) is 0 Å². The number of fused-ring (bicyclic) bond motifs is 1. The minimum Gasteiger partial charge on any atom is -0.399 e. The number of carbonyl (C=O) groups is 1. The number of nitrogens with one attached hydrogen (secondary N) is 1. The average molecular weight is 184 g/mol. The number of amides is 1. The summed E-state index contributed by atoms with van der Waals surface area (Å²) in [5, 5.41) is 6.22. The van der Waals surface area contributed by atoms with Crippen molar-refractivity contribution in [2.24, 2.45) is 17.0 Å². The zero-order chi connectivity index (χ0) is 9.26. The van der Waals surface area contributed by atoms with Crippen molar-refractivity contribution in [2.75, 3.05) is 20.3 Å². The molecule has 2 fully saturated rings. The highest BCUT2D eigenvalue weighted by atomic mass is 16.6. The van der Waals surface area contributed by atoms with E-state index in [-0.39, 0.29) is 5.91 Å². The van der Waals surface area contributed by atoms with Crippen LogP contribution in [0.15, 0.2) is 5.16 Å². The van der Waals surface area contributed by atoms with Gasteiger partial charge in [0.05, 0.1) is 13.2 Å². The summed E-state index contributed by atoms with van der Waals surface area (Å²) in [6.07, 6.45) is 1.15. The van der Waals surface area contributed by atoms with Gasteiger partial charge in [0.25, 0.3) is 5.91 Å². The lowest BCUT2D eigenvalue weighted by Crippen LogP contribution is -2.30. The van der Waals surface area contributed by atoms with E-state index >= 15 is 0 Å². The Morgan fingerprint density at radius 1 is 1.62 bits per heavy atom. The molecule has 1 heterocycles. The van der Waals surface area contributed by atoms with E-state index in [4.69, 9.17) is 4.74 Å². The second-order valence-corrected chi connectivity index (χ2v) is 3.32. The van der Waals surface area contributed by atoms with E-state index in [9.17, 15) is 4.79 Å². The Labute approximate surface area is 76.1 Å². The van der Waals surface area contributed by atoms with E-state index in [0.717, 1.165) is 19.4 Å². The fourth-order valence-corrected chi connectivity index (χ4v) is 1.76. The maximum Gasteiger partial charge on any atom is 0.266 e. The molecule has 0 aromatic heterocycles. The maximum absolute atomic E-state index is 11.1. The van der Waals surface area contributed by atoms with Gasteiger partial charge in [0.2, 0.25) is 0 Å². The molecule has 0 spiro atoms. The van der Waals surface area contributed by atoms with Crippen molar-refractivity contribution in [3.63, 3.8) is 0 Å². The van der Waals surface area contributed by atoms with E-state index in [1.807, 2.05) is 0 Å². The highest BCUT2D eigenvalue weighted by Gasteiger charge is 2.54. The van der Waals surface area contributed by atoms with Crippen LogP contribution in [0.5, 0.6) is 0 Å². The first-order chi connectivity index (χ1) is 6.33. The highest BCUT2D eigenvalue weighted by Crippen LogP contribution is 2.43. The van der Waals surface area contributed by atoms with Gasteiger partial charge < -0.3 is 14.9 Å². The molecule has 1 N–H and O–H groups in total. The molecule has 5 nitrogen and oxygen atoms in total. The molecule has 1 saturated heterocycles. The molecule has 0 aromatic carbocycles. The van der Waals surface area contributed by atoms with Crippen molar-refractivity contribution in [3.8, 4) is 0 Å². The van der Waals surface area contributed by atoms with E-state index in [2.05, 4.69) is 15.3 Å². The molecule has 2 aliphatic rings. The maximum atomic E-state index is 11.1. The van der Waals surface area contributed by atoms with Crippen LogP contribution in [0.3, 0.4) is 0 Å². The quantitative estimate of drug-likeness (QED) is 0.469. The topological polar surface area (TPSA) is 59.9 Å². The van der Waals surface area contributed by atoms with E-state index in [1.165, 1.54) is 7.11 Å². The number of carbonyl (C=O) groups excluding carboxylic acids is 1. The van der Waals surface area contributed by atoms with Crippen LogP contribution < -0.4 is 5.32 Å². The van der Waals surface area contributed by atoms with Crippen molar-refractivity contribution >= 4 is 12.1 Å². The molecule has 0 aromatic rings. The van der Waals surface area contributed by atoms with Crippen LogP contribution >= 0.6 is 0 Å². The van der Waals surface area contributed by atoms with E-state index < -0.39 is 0 Å². The average Bonchev–Trinajstić information content (AvgIpc) is 2.63. The second-order valence-electron chi connectivity index (χ2n) is 3.32. The van der Waals surface area contributed by atoms with Gasteiger partial charge in [-0.2, -0.15) is 0 Å². The summed E-state index contributed by atoms with van der Waals surface area (Å²) in [6, 6.07) is 0.296. The lowest BCUT2D eigenvalue weighted by Gasteiger charge is -2.03. The summed E-state index contributed by atoms with van der Waals surface area (Å²) in [7, 11) is 1.41. The molecule has 2 rings (SSSR count). The summed E-state index contributed by atoms with van der Waals surface area (Å²) < 4.78 is 5.19. The third-order valence-corrected chi connectivity index (χ3v) is 2.54. The van der Waals surface area contributed by atoms with Gasteiger partial charge in [-0.3, -0.25) is 4.79 Å². The molecule has 1 aliphatic heterocycles. The van der Waals surface area contributed by atoms with Crippen molar-refractivity contribution < 1.29 is 14.4 Å². The Bertz CT molecular complexity index is 232. The number of rotatable bonds is 3. The minimum atomic E-state index is -0.193. The van der Waals surface area contributed by atoms with Crippen molar-refractivity contribution in [1.82, 2.24) is 5.32 Å². The smallest absolute Gasteiger partial charge is 0.266 e. The molecule has 0 unspecified atom stereocenters. The van der Waals surface area contributed by atoms with Crippen LogP contribution in [0.1, 0.15) is 0 Å². The summed E-state index contributed by atoms with van der Waals surface area (Å²) >= 11 is 0. The Kier molecular flexibility index (Phi) is 2.18. The van der Waals surface area contributed by atoms with Gasteiger partial charge in [-0.15, -0.1) is 0 Å². The van der Waals surface area contributed by atoms with Crippen LogP contribution in [0, 0.1) is 11.8 Å². The fraction of sp³-hybridized carbons (Fsp3) is 0.750. The first kappa shape index (κ1) is 8.50. The zero-order valence-electron chi connectivity index (χ0n) is 7.40. The monoisotopic (exact) mass is 184 g/mol. The number of nitrogens with zero attached hydrogens (tertiary/aromatic N) is 1. The van der Waals surface area contributed by atoms with Gasteiger partial charge >= 0.3 is 0 Å². The molecule has 0 radical (unpaired) electrons. The van der Waals surface area contributed by atoms with E-state index in [0.29, 0.717) is 17.9 Å². The molecular formula is C8H12N2O3. The minimum absolute atomic E-state index is 0.193. The van der Waals surface area contributed by atoms with Crippen LogP contribution in [0.2, 0.25) is 0 Å². The molecule has 0 bridgehead atoms. The predicted octanol–water partition coefficient (Wildman–Crippen LogP) is -0.620. The standard InChI is InChI=1S/C8H12N2O3/c1-12-9-2-7(11)10-8-5-3-13-4-6(5)8/h2,5-6,8H,3-4H2,1H3,(H,10,11)/b9-2+/t5-,6-/m0/s1. The molecule has 2 atom stereocenters. The molecule has 5 heteroatoms. The lowest BCUT2D eigenvalue weighted by atomic mass is 10.4. The molecule has 1 aliphatic carbocycles. The van der Waals surface area contributed by atoms with Gasteiger partial charge in [-0.05, 0) is 0 Å². The van der Waals surface area contributed by atoms with Gasteiger partial charge in [-0.25, -0.2) is 0 Å². The molecule has 1 saturated carbocycles. The van der Waals surface area contributed by atoms with Crippen LogP contribution in [-0.2, 0) is 14.4 Å².